The van der Waals surface area contributed by atoms with E-state index in [4.69, 9.17) is 5.41 Å². The van der Waals surface area contributed by atoms with Crippen molar-refractivity contribution in [3.05, 3.63) is 60.0 Å². The maximum absolute atomic E-state index is 12.5. The normalized spacial score (nSPS) is 15.3. The van der Waals surface area contributed by atoms with E-state index in [1.165, 1.54) is 42.1 Å². The zero-order chi connectivity index (χ0) is 23.5. The van der Waals surface area contributed by atoms with Crippen LogP contribution in [0.3, 0.4) is 0 Å². The molecule has 6 heteroatoms. The highest BCUT2D eigenvalue weighted by molar-refractivity contribution is 8.18. The summed E-state index contributed by atoms with van der Waals surface area (Å²) in [6, 6.07) is 0. The van der Waals surface area contributed by atoms with E-state index < -0.39 is 0 Å². The summed E-state index contributed by atoms with van der Waals surface area (Å²) < 4.78 is 0. The average Bonchev–Trinajstić information content (AvgIpc) is 3.18. The minimum Gasteiger partial charge on any atom is -0.381 e. The van der Waals surface area contributed by atoms with Crippen molar-refractivity contribution < 1.29 is 4.79 Å². The lowest BCUT2D eigenvalue weighted by atomic mass is 10.2. The Morgan fingerprint density at radius 3 is 2.30 bits per heavy atom. The second-order valence-electron chi connectivity index (χ2n) is 6.19. The van der Waals surface area contributed by atoms with Crippen molar-refractivity contribution in [2.75, 3.05) is 14.1 Å². The number of hydrogen-bond donors (Lipinski definition) is 1. The van der Waals surface area contributed by atoms with Gasteiger partial charge in [0.2, 0.25) is 0 Å². The van der Waals surface area contributed by atoms with Crippen LogP contribution in [0.5, 0.6) is 0 Å². The highest BCUT2D eigenvalue weighted by Crippen LogP contribution is 2.35. The third-order valence-corrected chi connectivity index (χ3v) is 4.86. The number of thioether (sulfide) groups is 1. The van der Waals surface area contributed by atoms with Crippen molar-refractivity contribution >= 4 is 29.1 Å². The minimum absolute atomic E-state index is 0.233. The lowest BCUT2D eigenvalue weighted by molar-refractivity contribution is -0.120. The first kappa shape index (κ1) is 29.9. The highest BCUT2D eigenvalue weighted by atomic mass is 32.2. The first-order valence-corrected chi connectivity index (χ1v) is 11.3. The molecule has 5 nitrogen and oxygen atoms in total. The van der Waals surface area contributed by atoms with Gasteiger partial charge in [-0.2, -0.15) is 0 Å². The molecule has 0 radical (unpaired) electrons. The molecule has 1 aliphatic rings. The van der Waals surface area contributed by atoms with Crippen LogP contribution in [0, 0.1) is 5.41 Å². The topological polar surface area (TPSA) is 59.8 Å². The molecular weight excluding hydrogens is 392 g/mol. The SMILES string of the molecule is C=CCCCC.C=CN=C1SC(C(=O)N(C=N)/C=C/CC)=C/C1=C(/C)N(C)C.CC. The number of rotatable bonds is 9. The van der Waals surface area contributed by atoms with E-state index in [2.05, 4.69) is 25.1 Å². The Bertz CT molecular complexity index is 673. The molecule has 0 saturated carbocycles. The number of aliphatic imine (C=N–C) groups is 1. The maximum Gasteiger partial charge on any atom is 0.269 e. The van der Waals surface area contributed by atoms with Crippen LogP contribution in [0.15, 0.2) is 65.0 Å². The molecule has 0 aliphatic carbocycles. The standard InChI is InChI=1S/C16H22N4OS.C6H12.C2H6/c1-6-8-9-20(11-17)16(21)14-10-13(12(3)19(4)5)15(22-14)18-7-2;1-3-5-6-4-2;1-2/h7-11,17H,2,6H2,1,3-5H3;3H,1,4-6H2,2H3;1-2H3/b9-8+,13-12+,17-11?,18-15?;;. The van der Waals surface area contributed by atoms with E-state index >= 15 is 0 Å². The van der Waals surface area contributed by atoms with Gasteiger partial charge in [-0.05, 0) is 25.8 Å². The first-order valence-electron chi connectivity index (χ1n) is 10.4. The fraction of sp³-hybridized carbons (Fsp3) is 0.458. The van der Waals surface area contributed by atoms with Gasteiger partial charge in [-0.1, -0.05) is 71.0 Å². The fourth-order valence-electron chi connectivity index (χ4n) is 2.03. The molecule has 0 saturated heterocycles. The Hall–Kier alpha value is -2.34. The predicted octanol–water partition coefficient (Wildman–Crippen LogP) is 6.74. The number of nitrogens with one attached hydrogen (secondary N) is 1. The van der Waals surface area contributed by atoms with Crippen LogP contribution in [-0.2, 0) is 4.79 Å². The molecule has 0 aromatic carbocycles. The zero-order valence-electron chi connectivity index (χ0n) is 19.9. The number of unbranched alkanes of at least 4 members (excludes halogenated alkanes) is 2. The predicted molar refractivity (Wildman–Crippen MR) is 136 cm³/mol. The maximum atomic E-state index is 12.5. The summed E-state index contributed by atoms with van der Waals surface area (Å²) in [6.45, 7) is 17.4. The molecule has 0 spiro atoms. The van der Waals surface area contributed by atoms with Crippen molar-refractivity contribution in [3.8, 4) is 0 Å². The summed E-state index contributed by atoms with van der Waals surface area (Å²) in [5.41, 5.74) is 1.92. The molecule has 0 atom stereocenters. The van der Waals surface area contributed by atoms with Crippen LogP contribution >= 0.6 is 11.8 Å². The number of carbonyl (C=O) groups excluding carboxylic acids is 1. The van der Waals surface area contributed by atoms with Crippen LogP contribution in [0.25, 0.3) is 0 Å². The van der Waals surface area contributed by atoms with Gasteiger partial charge in [-0.3, -0.25) is 15.1 Å². The number of carbonyl (C=O) groups is 1. The van der Waals surface area contributed by atoms with Crippen LogP contribution in [0.2, 0.25) is 0 Å². The Labute approximate surface area is 188 Å². The largest absolute Gasteiger partial charge is 0.381 e. The molecule has 0 fully saturated rings. The summed E-state index contributed by atoms with van der Waals surface area (Å²) in [5, 5.41) is 8.14. The second-order valence-corrected chi connectivity index (χ2v) is 7.22. The minimum atomic E-state index is -0.233. The Morgan fingerprint density at radius 2 is 1.90 bits per heavy atom. The van der Waals surface area contributed by atoms with Crippen LogP contribution in [-0.4, -0.2) is 41.2 Å². The van der Waals surface area contributed by atoms with Gasteiger partial charge in [0.05, 0.1) is 11.2 Å². The molecule has 0 aromatic rings. The summed E-state index contributed by atoms with van der Waals surface area (Å²) in [5.74, 6) is -0.233. The molecule has 1 N–H and O–H groups in total. The van der Waals surface area contributed by atoms with E-state index in [-0.39, 0.29) is 5.91 Å². The van der Waals surface area contributed by atoms with Gasteiger partial charge in [0.1, 0.15) is 5.04 Å². The Balaban J connectivity index is 0. The van der Waals surface area contributed by atoms with Crippen LogP contribution in [0.4, 0.5) is 0 Å². The molecule has 0 aromatic heterocycles. The molecular formula is C24H40N4OS. The molecule has 168 valence electrons. The molecule has 1 rings (SSSR count). The van der Waals surface area contributed by atoms with Gasteiger partial charge in [-0.15, -0.1) is 6.58 Å². The van der Waals surface area contributed by atoms with Crippen molar-refractivity contribution in [2.24, 2.45) is 4.99 Å². The Morgan fingerprint density at radius 1 is 1.27 bits per heavy atom. The van der Waals surface area contributed by atoms with E-state index in [1.807, 2.05) is 64.9 Å². The van der Waals surface area contributed by atoms with Gasteiger partial charge in [-0.25, -0.2) is 4.99 Å². The number of nitrogens with zero attached hydrogens (tertiary/aromatic N) is 3. The van der Waals surface area contributed by atoms with Gasteiger partial charge in [0.15, 0.2) is 0 Å². The molecule has 1 aliphatic heterocycles. The average molecular weight is 433 g/mol. The summed E-state index contributed by atoms with van der Waals surface area (Å²) in [7, 11) is 3.89. The number of amides is 1. The van der Waals surface area contributed by atoms with Crippen molar-refractivity contribution in [2.45, 2.75) is 60.3 Å². The van der Waals surface area contributed by atoms with Crippen molar-refractivity contribution in [1.29, 1.82) is 5.41 Å². The number of allylic oxidation sites excluding steroid dienone is 4. The molecule has 1 heterocycles. The zero-order valence-corrected chi connectivity index (χ0v) is 20.7. The summed E-state index contributed by atoms with van der Waals surface area (Å²) in [6.07, 6.45) is 14.3. The lowest BCUT2D eigenvalue weighted by Crippen LogP contribution is -2.24. The van der Waals surface area contributed by atoms with Gasteiger partial charge in [0.25, 0.3) is 5.91 Å². The van der Waals surface area contributed by atoms with Crippen LogP contribution < -0.4 is 0 Å². The fourth-order valence-corrected chi connectivity index (χ4v) is 3.05. The summed E-state index contributed by atoms with van der Waals surface area (Å²) >= 11 is 1.30. The molecule has 0 bridgehead atoms. The van der Waals surface area contributed by atoms with Crippen LogP contribution in [0.1, 0.15) is 60.3 Å². The van der Waals surface area contributed by atoms with E-state index in [0.29, 0.717) is 4.91 Å². The van der Waals surface area contributed by atoms with Crippen molar-refractivity contribution in [3.63, 3.8) is 0 Å². The lowest BCUT2D eigenvalue weighted by Gasteiger charge is -2.15. The van der Waals surface area contributed by atoms with E-state index in [1.54, 1.807) is 6.20 Å². The Kier molecular flexibility index (Phi) is 18.6. The van der Waals surface area contributed by atoms with E-state index in [9.17, 15) is 4.79 Å². The monoisotopic (exact) mass is 432 g/mol. The van der Waals surface area contributed by atoms with Gasteiger partial charge >= 0.3 is 0 Å². The quantitative estimate of drug-likeness (QED) is 0.190. The highest BCUT2D eigenvalue weighted by Gasteiger charge is 2.27. The molecule has 0 unspecified atom stereocenters. The number of hydrogen-bond acceptors (Lipinski definition) is 5. The third-order valence-electron chi connectivity index (χ3n) is 3.83. The molecule has 1 amide bonds. The second kappa shape index (κ2) is 18.7. The smallest absolute Gasteiger partial charge is 0.269 e. The van der Waals surface area contributed by atoms with Gasteiger partial charge in [0, 0.05) is 37.8 Å². The summed E-state index contributed by atoms with van der Waals surface area (Å²) in [4.78, 5) is 20.5. The van der Waals surface area contributed by atoms with Gasteiger partial charge < -0.3 is 4.90 Å². The molecule has 30 heavy (non-hydrogen) atoms. The van der Waals surface area contributed by atoms with E-state index in [0.717, 1.165) is 29.1 Å². The van der Waals surface area contributed by atoms with Crippen molar-refractivity contribution in [1.82, 2.24) is 9.80 Å². The third kappa shape index (κ3) is 11.0. The first-order chi connectivity index (χ1) is 14.4.